The van der Waals surface area contributed by atoms with Crippen LogP contribution >= 0.6 is 27.5 Å². The smallest absolute Gasteiger partial charge is 0.150 e. The summed E-state index contributed by atoms with van der Waals surface area (Å²) in [5, 5.41) is 15.7. The van der Waals surface area contributed by atoms with E-state index in [-0.39, 0.29) is 12.8 Å². The predicted molar refractivity (Wildman–Crippen MR) is 89.2 cm³/mol. The fraction of sp³-hybridized carbons (Fsp3) is 0.562. The molecule has 2 heterocycles. The average molecular weight is 386 g/mol. The minimum atomic E-state index is 0.00572. The lowest BCUT2D eigenvalue weighted by molar-refractivity contribution is -0.0366. The van der Waals surface area contributed by atoms with Crippen LogP contribution in [0.4, 0.5) is 0 Å². The highest BCUT2D eigenvalue weighted by Crippen LogP contribution is 2.53. The van der Waals surface area contributed by atoms with E-state index < -0.39 is 0 Å². The summed E-state index contributed by atoms with van der Waals surface area (Å²) in [6, 6.07) is 1.99. The number of fused-ring (bicyclic) bond motifs is 1. The minimum Gasteiger partial charge on any atom is -0.396 e. The molecule has 0 radical (unpaired) electrons. The van der Waals surface area contributed by atoms with Crippen LogP contribution in [-0.4, -0.2) is 28.1 Å². The fourth-order valence-electron chi connectivity index (χ4n) is 3.42. The largest absolute Gasteiger partial charge is 0.396 e. The molecule has 1 aromatic carbocycles. The van der Waals surface area contributed by atoms with Crippen LogP contribution in [0.3, 0.4) is 0 Å². The molecule has 0 bridgehead atoms. The van der Waals surface area contributed by atoms with Gasteiger partial charge in [-0.05, 0) is 65.1 Å². The normalized spacial score (nSPS) is 28.2. The molecule has 118 valence electrons. The monoisotopic (exact) mass is 384 g/mol. The van der Waals surface area contributed by atoms with Gasteiger partial charge in [0.1, 0.15) is 0 Å². The molecule has 1 aliphatic heterocycles. The summed E-state index contributed by atoms with van der Waals surface area (Å²) < 4.78 is 8.81. The molecular formula is C16H18BrClN2O2. The highest BCUT2D eigenvalue weighted by atomic mass is 79.9. The predicted octanol–water partition coefficient (Wildman–Crippen LogP) is 4.25. The van der Waals surface area contributed by atoms with Crippen LogP contribution in [0, 0.1) is 5.92 Å². The third-order valence-corrected chi connectivity index (χ3v) is 5.95. The van der Waals surface area contributed by atoms with Gasteiger partial charge in [-0.3, -0.25) is 0 Å². The molecule has 6 heteroatoms. The van der Waals surface area contributed by atoms with Crippen LogP contribution in [-0.2, 0) is 4.74 Å². The molecule has 3 atom stereocenters. The van der Waals surface area contributed by atoms with Crippen molar-refractivity contribution in [1.82, 2.24) is 9.78 Å². The summed E-state index contributed by atoms with van der Waals surface area (Å²) in [6.07, 6.45) is 6.16. The lowest BCUT2D eigenvalue weighted by atomic mass is 10.1. The number of rotatable bonds is 3. The first-order valence-corrected chi connectivity index (χ1v) is 8.95. The van der Waals surface area contributed by atoms with Crippen molar-refractivity contribution in [2.75, 3.05) is 13.2 Å². The fourth-order valence-corrected chi connectivity index (χ4v) is 4.69. The number of aliphatic hydroxyl groups excluding tert-OH is 1. The van der Waals surface area contributed by atoms with Crippen LogP contribution in [0.1, 0.15) is 43.4 Å². The van der Waals surface area contributed by atoms with Crippen molar-refractivity contribution in [2.45, 2.75) is 37.8 Å². The number of nitrogens with zero attached hydrogens (tertiary/aromatic N) is 2. The number of hydrogen-bond donors (Lipinski definition) is 1. The molecule has 0 amide bonds. The SMILES string of the molecule is OC[C@@H]1C[C@@H]1c1c(Cl)cc2c(cnn2[C@H]2CCCCO2)c1Br. The van der Waals surface area contributed by atoms with Gasteiger partial charge in [0.15, 0.2) is 6.23 Å². The van der Waals surface area contributed by atoms with Gasteiger partial charge in [0.2, 0.25) is 0 Å². The van der Waals surface area contributed by atoms with Gasteiger partial charge in [0.25, 0.3) is 0 Å². The van der Waals surface area contributed by atoms with Gasteiger partial charge in [-0.25, -0.2) is 4.68 Å². The van der Waals surface area contributed by atoms with E-state index in [0.717, 1.165) is 51.8 Å². The first-order chi connectivity index (χ1) is 10.7. The minimum absolute atomic E-state index is 0.00572. The number of ether oxygens (including phenoxy) is 1. The second kappa shape index (κ2) is 5.78. The van der Waals surface area contributed by atoms with Crippen molar-refractivity contribution in [3.8, 4) is 0 Å². The molecule has 1 aromatic heterocycles. The Balaban J connectivity index is 1.77. The summed E-state index contributed by atoms with van der Waals surface area (Å²) in [5.74, 6) is 0.688. The third-order valence-electron chi connectivity index (χ3n) is 4.78. The standard InChI is InChI=1S/C16H18BrClN2O2/c17-16-11-7-19-20(14-3-1-2-4-22-14)13(11)6-12(18)15(16)10-5-9(10)8-21/h6-7,9-10,14,21H,1-5,8H2/t9-,10-,14+/m0/s1. The number of halogens is 2. The summed E-state index contributed by atoms with van der Waals surface area (Å²) in [6.45, 7) is 1.01. The van der Waals surface area contributed by atoms with E-state index in [0.29, 0.717) is 11.8 Å². The van der Waals surface area contributed by atoms with Crippen molar-refractivity contribution >= 4 is 38.4 Å². The quantitative estimate of drug-likeness (QED) is 0.859. The van der Waals surface area contributed by atoms with Crippen LogP contribution in [0.5, 0.6) is 0 Å². The zero-order valence-electron chi connectivity index (χ0n) is 12.1. The Morgan fingerprint density at radius 3 is 3.00 bits per heavy atom. The van der Waals surface area contributed by atoms with Crippen molar-refractivity contribution in [3.63, 3.8) is 0 Å². The molecule has 1 saturated heterocycles. The van der Waals surface area contributed by atoms with Crippen molar-refractivity contribution in [1.29, 1.82) is 0 Å². The Morgan fingerprint density at radius 2 is 2.32 bits per heavy atom. The van der Waals surface area contributed by atoms with E-state index in [2.05, 4.69) is 21.0 Å². The summed E-state index contributed by atoms with van der Waals surface area (Å²) in [5.41, 5.74) is 2.12. The van der Waals surface area contributed by atoms with E-state index in [4.69, 9.17) is 16.3 Å². The maximum atomic E-state index is 9.32. The second-order valence-electron chi connectivity index (χ2n) is 6.21. The first-order valence-electron chi connectivity index (χ1n) is 7.78. The molecule has 2 fully saturated rings. The van der Waals surface area contributed by atoms with E-state index in [1.807, 2.05) is 16.9 Å². The molecule has 2 aliphatic rings. The molecule has 4 rings (SSSR count). The van der Waals surface area contributed by atoms with E-state index in [1.54, 1.807) is 0 Å². The molecule has 4 nitrogen and oxygen atoms in total. The number of benzene rings is 1. The van der Waals surface area contributed by atoms with Crippen LogP contribution < -0.4 is 0 Å². The maximum absolute atomic E-state index is 9.32. The Labute approximate surface area is 142 Å². The van der Waals surface area contributed by atoms with E-state index >= 15 is 0 Å². The zero-order chi connectivity index (χ0) is 15.3. The van der Waals surface area contributed by atoms with Crippen LogP contribution in [0.25, 0.3) is 10.9 Å². The topological polar surface area (TPSA) is 47.3 Å². The summed E-state index contributed by atoms with van der Waals surface area (Å²) >= 11 is 10.2. The molecule has 0 spiro atoms. The summed E-state index contributed by atoms with van der Waals surface area (Å²) in [7, 11) is 0. The van der Waals surface area contributed by atoms with Gasteiger partial charge in [-0.2, -0.15) is 5.10 Å². The van der Waals surface area contributed by atoms with Gasteiger partial charge >= 0.3 is 0 Å². The molecule has 1 saturated carbocycles. The highest BCUT2D eigenvalue weighted by molar-refractivity contribution is 9.10. The maximum Gasteiger partial charge on any atom is 0.150 e. The Bertz CT molecular complexity index is 712. The van der Waals surface area contributed by atoms with E-state index in [9.17, 15) is 5.11 Å². The van der Waals surface area contributed by atoms with Crippen molar-refractivity contribution in [2.24, 2.45) is 5.92 Å². The summed E-state index contributed by atoms with van der Waals surface area (Å²) in [4.78, 5) is 0. The van der Waals surface area contributed by atoms with Gasteiger partial charge in [0, 0.05) is 28.1 Å². The van der Waals surface area contributed by atoms with Crippen LogP contribution in [0.2, 0.25) is 5.02 Å². The number of hydrogen-bond acceptors (Lipinski definition) is 3. The van der Waals surface area contributed by atoms with Gasteiger partial charge in [-0.15, -0.1) is 0 Å². The average Bonchev–Trinajstić information content (AvgIpc) is 3.18. The number of aromatic nitrogens is 2. The molecule has 1 aliphatic carbocycles. The van der Waals surface area contributed by atoms with Crippen molar-refractivity contribution < 1.29 is 9.84 Å². The highest BCUT2D eigenvalue weighted by Gasteiger charge is 2.40. The molecule has 2 aromatic rings. The Kier molecular flexibility index (Phi) is 3.93. The second-order valence-corrected chi connectivity index (χ2v) is 7.41. The molecule has 0 unspecified atom stereocenters. The molecular weight excluding hydrogens is 368 g/mol. The van der Waals surface area contributed by atoms with E-state index in [1.165, 1.54) is 6.42 Å². The van der Waals surface area contributed by atoms with Crippen molar-refractivity contribution in [3.05, 3.63) is 27.3 Å². The lowest BCUT2D eigenvalue weighted by Crippen LogP contribution is -2.18. The zero-order valence-corrected chi connectivity index (χ0v) is 14.5. The lowest BCUT2D eigenvalue weighted by Gasteiger charge is -2.23. The van der Waals surface area contributed by atoms with Crippen LogP contribution in [0.15, 0.2) is 16.7 Å². The third kappa shape index (κ3) is 2.39. The molecule has 1 N–H and O–H groups in total. The van der Waals surface area contributed by atoms with Gasteiger partial charge in [0.05, 0.1) is 11.7 Å². The Hall–Kier alpha value is -0.620. The van der Waals surface area contributed by atoms with Gasteiger partial charge in [-0.1, -0.05) is 11.6 Å². The number of aliphatic hydroxyl groups is 1. The molecule has 22 heavy (non-hydrogen) atoms. The first kappa shape index (κ1) is 14.9. The Morgan fingerprint density at radius 1 is 1.45 bits per heavy atom. The van der Waals surface area contributed by atoms with Gasteiger partial charge < -0.3 is 9.84 Å².